The second-order valence-electron chi connectivity index (χ2n) is 8.45. The molecule has 2 aromatic carbocycles. The molecular weight excluding hydrogens is 497 g/mol. The van der Waals surface area contributed by atoms with Crippen LogP contribution in [0.3, 0.4) is 0 Å². The van der Waals surface area contributed by atoms with Crippen molar-refractivity contribution in [2.75, 3.05) is 28.6 Å². The normalized spacial score (nSPS) is 15.4. The van der Waals surface area contributed by atoms with E-state index >= 15 is 0 Å². The predicted molar refractivity (Wildman–Crippen MR) is 138 cm³/mol. The summed E-state index contributed by atoms with van der Waals surface area (Å²) in [5.74, 6) is 0.0740. The Labute approximate surface area is 213 Å². The number of benzene rings is 2. The zero-order valence-electron chi connectivity index (χ0n) is 19.8. The van der Waals surface area contributed by atoms with E-state index < -0.39 is 15.8 Å². The van der Waals surface area contributed by atoms with Gasteiger partial charge in [0.2, 0.25) is 5.95 Å². The Bertz CT molecular complexity index is 1530. The second-order valence-corrected chi connectivity index (χ2v) is 10.1. The Morgan fingerprint density at radius 2 is 1.95 bits per heavy atom. The quantitative estimate of drug-likeness (QED) is 0.313. The molecule has 4 aromatic rings. The first-order valence-electron chi connectivity index (χ1n) is 11.5. The summed E-state index contributed by atoms with van der Waals surface area (Å²) in [6.07, 6.45) is 5.46. The van der Waals surface area contributed by atoms with Crippen LogP contribution in [-0.4, -0.2) is 47.6 Å². The molecule has 3 N–H and O–H groups in total. The zero-order valence-corrected chi connectivity index (χ0v) is 20.7. The Kier molecular flexibility index (Phi) is 6.93. The minimum atomic E-state index is -3.95. The molecule has 1 fully saturated rings. The van der Waals surface area contributed by atoms with E-state index in [2.05, 4.69) is 35.3 Å². The number of aromatic nitrogens is 4. The fraction of sp³-hybridized carbons (Fsp3) is 0.200. The van der Waals surface area contributed by atoms with Gasteiger partial charge in [-0.25, -0.2) is 22.8 Å². The van der Waals surface area contributed by atoms with Crippen LogP contribution in [0.2, 0.25) is 0 Å². The molecule has 12 heteroatoms. The van der Waals surface area contributed by atoms with E-state index in [4.69, 9.17) is 4.74 Å². The van der Waals surface area contributed by atoms with E-state index in [0.717, 1.165) is 6.42 Å². The molecule has 10 nitrogen and oxygen atoms in total. The molecule has 0 bridgehead atoms. The standard InChI is InChI=1S/C25H24FN7O3S/c1-16-4-2-3-5-23(16)37(34,35)33-22-7-6-17(12-20(22)26)30-21-8-10-27-13-19(21)24-28-15-29-25(32-24)31-18-9-11-36-14-18/h2-8,10,12-13,15,18,33H,9,11,14H2,1H3,(H,27,30)(H,28,29,31,32)/t18-/m0/s1. The molecule has 1 atom stereocenters. The molecule has 0 radical (unpaired) electrons. The zero-order chi connectivity index (χ0) is 25.8. The van der Waals surface area contributed by atoms with Crippen LogP contribution in [0, 0.1) is 12.7 Å². The minimum absolute atomic E-state index is 0.0877. The van der Waals surface area contributed by atoms with E-state index in [9.17, 15) is 12.8 Å². The van der Waals surface area contributed by atoms with Crippen LogP contribution >= 0.6 is 0 Å². The Hall–Kier alpha value is -4.16. The number of ether oxygens (including phenoxy) is 1. The molecule has 1 aliphatic heterocycles. The van der Waals surface area contributed by atoms with Crippen LogP contribution in [0.15, 0.2) is 72.1 Å². The Morgan fingerprint density at radius 3 is 2.73 bits per heavy atom. The highest BCUT2D eigenvalue weighted by Gasteiger charge is 2.19. The number of hydrogen-bond acceptors (Lipinski definition) is 9. The highest BCUT2D eigenvalue weighted by Crippen LogP contribution is 2.30. The number of nitrogens with zero attached hydrogens (tertiary/aromatic N) is 4. The van der Waals surface area contributed by atoms with Gasteiger partial charge in [-0.3, -0.25) is 9.71 Å². The van der Waals surface area contributed by atoms with Crippen molar-refractivity contribution < 1.29 is 17.5 Å². The first kappa shape index (κ1) is 24.5. The van der Waals surface area contributed by atoms with Gasteiger partial charge in [0.15, 0.2) is 5.82 Å². The van der Waals surface area contributed by atoms with Gasteiger partial charge in [0.1, 0.15) is 12.1 Å². The van der Waals surface area contributed by atoms with Crippen LogP contribution in [0.25, 0.3) is 11.4 Å². The smallest absolute Gasteiger partial charge is 0.262 e. The third-order valence-corrected chi connectivity index (χ3v) is 7.30. The number of rotatable bonds is 8. The average molecular weight is 522 g/mol. The van der Waals surface area contributed by atoms with Crippen LogP contribution in [0.5, 0.6) is 0 Å². The van der Waals surface area contributed by atoms with E-state index in [1.807, 2.05) is 0 Å². The summed E-state index contributed by atoms with van der Waals surface area (Å²) >= 11 is 0. The molecule has 0 amide bonds. The second kappa shape index (κ2) is 10.4. The van der Waals surface area contributed by atoms with Gasteiger partial charge >= 0.3 is 0 Å². The lowest BCUT2D eigenvalue weighted by molar-refractivity contribution is 0.195. The fourth-order valence-corrected chi connectivity index (χ4v) is 5.21. The molecule has 5 rings (SSSR count). The highest BCUT2D eigenvalue weighted by atomic mass is 32.2. The summed E-state index contributed by atoms with van der Waals surface area (Å²) in [5.41, 5.74) is 1.98. The summed E-state index contributed by atoms with van der Waals surface area (Å²) in [6, 6.07) is 12.5. The van der Waals surface area contributed by atoms with Crippen molar-refractivity contribution in [3.05, 3.63) is 78.6 Å². The lowest BCUT2D eigenvalue weighted by Crippen LogP contribution is -2.20. The maximum absolute atomic E-state index is 14.9. The number of hydrogen-bond donors (Lipinski definition) is 3. The number of anilines is 4. The van der Waals surface area contributed by atoms with Gasteiger partial charge in [-0.1, -0.05) is 18.2 Å². The van der Waals surface area contributed by atoms with Gasteiger partial charge in [-0.2, -0.15) is 4.98 Å². The van der Waals surface area contributed by atoms with Crippen LogP contribution < -0.4 is 15.4 Å². The van der Waals surface area contributed by atoms with Crippen molar-refractivity contribution in [1.82, 2.24) is 19.9 Å². The van der Waals surface area contributed by atoms with Crippen molar-refractivity contribution in [3.63, 3.8) is 0 Å². The number of aryl methyl sites for hydroxylation is 1. The van der Waals surface area contributed by atoms with Gasteiger partial charge < -0.3 is 15.4 Å². The molecule has 1 aliphatic rings. The van der Waals surface area contributed by atoms with Gasteiger partial charge in [-0.15, -0.1) is 0 Å². The van der Waals surface area contributed by atoms with Crippen molar-refractivity contribution in [2.45, 2.75) is 24.3 Å². The minimum Gasteiger partial charge on any atom is -0.379 e. The summed E-state index contributed by atoms with van der Waals surface area (Å²) < 4.78 is 48.2. The van der Waals surface area contributed by atoms with Crippen LogP contribution in [0.4, 0.5) is 27.4 Å². The maximum Gasteiger partial charge on any atom is 0.262 e. The molecule has 0 aliphatic carbocycles. The van der Waals surface area contributed by atoms with E-state index in [-0.39, 0.29) is 16.6 Å². The monoisotopic (exact) mass is 521 g/mol. The van der Waals surface area contributed by atoms with Crippen LogP contribution in [0.1, 0.15) is 12.0 Å². The summed E-state index contributed by atoms with van der Waals surface area (Å²) in [6.45, 7) is 2.96. The molecule has 1 saturated heterocycles. The average Bonchev–Trinajstić information content (AvgIpc) is 3.39. The third kappa shape index (κ3) is 5.65. The van der Waals surface area contributed by atoms with Gasteiger partial charge in [0.25, 0.3) is 10.0 Å². The van der Waals surface area contributed by atoms with Crippen molar-refractivity contribution in [1.29, 1.82) is 0 Å². The number of nitrogens with one attached hydrogen (secondary N) is 3. The maximum atomic E-state index is 14.9. The van der Waals surface area contributed by atoms with Crippen molar-refractivity contribution >= 4 is 33.0 Å². The highest BCUT2D eigenvalue weighted by molar-refractivity contribution is 7.92. The summed E-state index contributed by atoms with van der Waals surface area (Å²) in [4.78, 5) is 17.2. The van der Waals surface area contributed by atoms with Gasteiger partial charge in [-0.05, 0) is 49.2 Å². The molecular formula is C25H24FN7O3S. The first-order chi connectivity index (χ1) is 17.9. The van der Waals surface area contributed by atoms with E-state index in [1.54, 1.807) is 49.6 Å². The Balaban J connectivity index is 1.36. The van der Waals surface area contributed by atoms with E-state index in [0.29, 0.717) is 47.5 Å². The van der Waals surface area contributed by atoms with Gasteiger partial charge in [0, 0.05) is 24.7 Å². The molecule has 2 aromatic heterocycles. The molecule has 0 unspecified atom stereocenters. The molecule has 37 heavy (non-hydrogen) atoms. The summed E-state index contributed by atoms with van der Waals surface area (Å²) in [7, 11) is -3.95. The number of halogens is 1. The van der Waals surface area contributed by atoms with Crippen LogP contribution in [-0.2, 0) is 14.8 Å². The lowest BCUT2D eigenvalue weighted by Gasteiger charge is -2.14. The Morgan fingerprint density at radius 1 is 1.08 bits per heavy atom. The molecule has 3 heterocycles. The predicted octanol–water partition coefficient (Wildman–Crippen LogP) is 4.13. The van der Waals surface area contributed by atoms with E-state index in [1.165, 1.54) is 24.5 Å². The molecule has 0 spiro atoms. The molecule has 0 saturated carbocycles. The molecule has 190 valence electrons. The third-order valence-electron chi connectivity index (χ3n) is 5.77. The first-order valence-corrected chi connectivity index (χ1v) is 13.0. The SMILES string of the molecule is Cc1ccccc1S(=O)(=O)Nc1ccc(Nc2ccncc2-c2ncnc(N[C@H]3CCOC3)n2)cc1F. The van der Waals surface area contributed by atoms with Crippen molar-refractivity contribution in [2.24, 2.45) is 0 Å². The van der Waals surface area contributed by atoms with Gasteiger partial charge in [0.05, 0.1) is 34.5 Å². The number of pyridine rings is 1. The lowest BCUT2D eigenvalue weighted by atomic mass is 10.2. The number of sulfonamides is 1. The largest absolute Gasteiger partial charge is 0.379 e. The topological polar surface area (TPSA) is 131 Å². The van der Waals surface area contributed by atoms with Crippen molar-refractivity contribution in [3.8, 4) is 11.4 Å². The fourth-order valence-electron chi connectivity index (χ4n) is 3.90. The summed E-state index contributed by atoms with van der Waals surface area (Å²) in [5, 5.41) is 6.37.